The van der Waals surface area contributed by atoms with Crippen LogP contribution in [0.1, 0.15) is 32.6 Å². The van der Waals surface area contributed by atoms with Gasteiger partial charge in [0.1, 0.15) is 0 Å². The van der Waals surface area contributed by atoms with Gasteiger partial charge in [-0.05, 0) is 32.2 Å². The fourth-order valence-corrected chi connectivity index (χ4v) is 2.71. The Labute approximate surface area is 87.4 Å². The van der Waals surface area contributed by atoms with Crippen LogP contribution in [-0.2, 0) is 0 Å². The van der Waals surface area contributed by atoms with Gasteiger partial charge in [-0.15, -0.1) is 0 Å². The number of rotatable bonds is 3. The summed E-state index contributed by atoms with van der Waals surface area (Å²) in [6.45, 7) is 9.87. The topological polar surface area (TPSA) is 15.3 Å². The third-order valence-corrected chi connectivity index (χ3v) is 3.71. The van der Waals surface area contributed by atoms with Crippen LogP contribution < -0.4 is 5.32 Å². The molecule has 2 bridgehead atoms. The van der Waals surface area contributed by atoms with Crippen LogP contribution in [0.4, 0.5) is 0 Å². The molecule has 0 aliphatic carbocycles. The van der Waals surface area contributed by atoms with Gasteiger partial charge in [-0.1, -0.05) is 19.1 Å². The van der Waals surface area contributed by atoms with Crippen molar-refractivity contribution in [2.45, 2.75) is 44.7 Å². The van der Waals surface area contributed by atoms with E-state index in [0.29, 0.717) is 0 Å². The monoisotopic (exact) mass is 194 g/mol. The number of hydrogen-bond acceptors (Lipinski definition) is 2. The van der Waals surface area contributed by atoms with Gasteiger partial charge in [-0.2, -0.15) is 0 Å². The van der Waals surface area contributed by atoms with Crippen LogP contribution >= 0.6 is 0 Å². The molecule has 0 amide bonds. The van der Waals surface area contributed by atoms with Crippen molar-refractivity contribution in [3.8, 4) is 0 Å². The molecule has 2 rings (SSSR count). The molecular weight excluding hydrogens is 172 g/mol. The second kappa shape index (κ2) is 4.45. The lowest BCUT2D eigenvalue weighted by molar-refractivity contribution is 0.219. The number of nitrogens with zero attached hydrogens (tertiary/aromatic N) is 1. The van der Waals surface area contributed by atoms with Crippen molar-refractivity contribution >= 4 is 0 Å². The van der Waals surface area contributed by atoms with Gasteiger partial charge in [0.2, 0.25) is 0 Å². The zero-order valence-electron chi connectivity index (χ0n) is 9.26. The van der Waals surface area contributed by atoms with Crippen LogP contribution in [0.2, 0.25) is 0 Å². The van der Waals surface area contributed by atoms with E-state index in [-0.39, 0.29) is 0 Å². The molecule has 0 radical (unpaired) electrons. The Morgan fingerprint density at radius 2 is 2.14 bits per heavy atom. The molecule has 2 aliphatic heterocycles. The molecule has 2 heteroatoms. The molecule has 1 N–H and O–H groups in total. The predicted molar refractivity (Wildman–Crippen MR) is 60.4 cm³/mol. The molecule has 2 saturated heterocycles. The van der Waals surface area contributed by atoms with Gasteiger partial charge < -0.3 is 5.32 Å². The van der Waals surface area contributed by atoms with E-state index < -0.39 is 0 Å². The summed E-state index contributed by atoms with van der Waals surface area (Å²) in [7, 11) is 0. The van der Waals surface area contributed by atoms with E-state index in [1.807, 2.05) is 0 Å². The average Bonchev–Trinajstić information content (AvgIpc) is 2.40. The fraction of sp³-hybridized carbons (Fsp3) is 0.833. The molecule has 2 unspecified atom stereocenters. The largest absolute Gasteiger partial charge is 0.315 e. The van der Waals surface area contributed by atoms with E-state index >= 15 is 0 Å². The zero-order chi connectivity index (χ0) is 9.97. The molecule has 2 heterocycles. The number of fused-ring (bicyclic) bond motifs is 2. The summed E-state index contributed by atoms with van der Waals surface area (Å²) in [5.74, 6) is 0. The number of hydrogen-bond donors (Lipinski definition) is 1. The highest BCUT2D eigenvalue weighted by molar-refractivity contribution is 5.02. The van der Waals surface area contributed by atoms with Crippen LogP contribution in [-0.4, -0.2) is 36.6 Å². The Bertz CT molecular complexity index is 198. The van der Waals surface area contributed by atoms with Gasteiger partial charge in [0.05, 0.1) is 0 Å². The molecule has 2 atom stereocenters. The second-order valence-corrected chi connectivity index (χ2v) is 4.65. The van der Waals surface area contributed by atoms with Gasteiger partial charge in [0.15, 0.2) is 0 Å². The first-order valence-electron chi connectivity index (χ1n) is 5.94. The standard InChI is InChI=1S/C12H22N2/c1-3-10(2)9-14-11-4-5-12(14)8-13-7-6-11/h11-13H,2-9H2,1H3. The summed E-state index contributed by atoms with van der Waals surface area (Å²) in [4.78, 5) is 2.69. The van der Waals surface area contributed by atoms with E-state index in [9.17, 15) is 0 Å². The second-order valence-electron chi connectivity index (χ2n) is 4.65. The highest BCUT2D eigenvalue weighted by atomic mass is 15.2. The molecule has 0 aromatic rings. The molecule has 0 aromatic heterocycles. The van der Waals surface area contributed by atoms with E-state index in [1.165, 1.54) is 37.9 Å². The van der Waals surface area contributed by atoms with E-state index in [2.05, 4.69) is 23.7 Å². The van der Waals surface area contributed by atoms with E-state index in [1.54, 1.807) is 0 Å². The molecule has 0 aromatic carbocycles. The Hall–Kier alpha value is -0.340. The van der Waals surface area contributed by atoms with Crippen LogP contribution in [0.15, 0.2) is 12.2 Å². The van der Waals surface area contributed by atoms with E-state index in [0.717, 1.165) is 25.0 Å². The van der Waals surface area contributed by atoms with Crippen LogP contribution in [0, 0.1) is 0 Å². The smallest absolute Gasteiger partial charge is 0.0227 e. The summed E-state index contributed by atoms with van der Waals surface area (Å²) in [6, 6.07) is 1.61. The highest BCUT2D eigenvalue weighted by Gasteiger charge is 2.34. The first-order valence-corrected chi connectivity index (χ1v) is 5.94. The molecule has 80 valence electrons. The van der Waals surface area contributed by atoms with E-state index in [4.69, 9.17) is 0 Å². The Morgan fingerprint density at radius 1 is 1.36 bits per heavy atom. The fourth-order valence-electron chi connectivity index (χ4n) is 2.71. The third kappa shape index (κ3) is 2.01. The van der Waals surface area contributed by atoms with Crippen molar-refractivity contribution in [2.24, 2.45) is 0 Å². The first-order chi connectivity index (χ1) is 6.81. The summed E-state index contributed by atoms with van der Waals surface area (Å²) in [5.41, 5.74) is 1.39. The lowest BCUT2D eigenvalue weighted by atomic mass is 10.1. The minimum Gasteiger partial charge on any atom is -0.315 e. The van der Waals surface area contributed by atoms with Gasteiger partial charge >= 0.3 is 0 Å². The van der Waals surface area contributed by atoms with Gasteiger partial charge in [0.25, 0.3) is 0 Å². The molecular formula is C12H22N2. The van der Waals surface area contributed by atoms with Gasteiger partial charge in [-0.25, -0.2) is 0 Å². The van der Waals surface area contributed by atoms with Crippen LogP contribution in [0.25, 0.3) is 0 Å². The summed E-state index contributed by atoms with van der Waals surface area (Å²) in [5, 5.41) is 3.53. The lowest BCUT2D eigenvalue weighted by Crippen LogP contribution is -2.39. The minimum atomic E-state index is 0.783. The summed E-state index contributed by atoms with van der Waals surface area (Å²) in [6.07, 6.45) is 5.24. The Kier molecular flexibility index (Phi) is 3.24. The van der Waals surface area contributed by atoms with Crippen molar-refractivity contribution in [3.63, 3.8) is 0 Å². The van der Waals surface area contributed by atoms with Crippen molar-refractivity contribution in [3.05, 3.63) is 12.2 Å². The maximum atomic E-state index is 4.13. The normalized spacial score (nSPS) is 32.9. The summed E-state index contributed by atoms with van der Waals surface area (Å²) < 4.78 is 0. The average molecular weight is 194 g/mol. The molecule has 0 saturated carbocycles. The molecule has 2 fully saturated rings. The van der Waals surface area contributed by atoms with Crippen molar-refractivity contribution in [1.82, 2.24) is 10.2 Å². The van der Waals surface area contributed by atoms with Crippen LogP contribution in [0.3, 0.4) is 0 Å². The Balaban J connectivity index is 1.98. The van der Waals surface area contributed by atoms with Crippen molar-refractivity contribution < 1.29 is 0 Å². The molecule has 14 heavy (non-hydrogen) atoms. The molecule has 2 nitrogen and oxygen atoms in total. The maximum Gasteiger partial charge on any atom is 0.0227 e. The zero-order valence-corrected chi connectivity index (χ0v) is 9.26. The lowest BCUT2D eigenvalue weighted by Gasteiger charge is -2.28. The quantitative estimate of drug-likeness (QED) is 0.689. The molecule has 0 spiro atoms. The van der Waals surface area contributed by atoms with Crippen molar-refractivity contribution in [1.29, 1.82) is 0 Å². The minimum absolute atomic E-state index is 0.783. The maximum absolute atomic E-state index is 4.13. The first kappa shape index (κ1) is 10.2. The van der Waals surface area contributed by atoms with Crippen LogP contribution in [0.5, 0.6) is 0 Å². The van der Waals surface area contributed by atoms with Gasteiger partial charge in [0, 0.05) is 25.2 Å². The van der Waals surface area contributed by atoms with Crippen molar-refractivity contribution in [2.75, 3.05) is 19.6 Å². The predicted octanol–water partition coefficient (Wildman–Crippen LogP) is 1.78. The SMILES string of the molecule is C=C(CC)CN1C2CCNCC1CC2. The third-order valence-electron chi connectivity index (χ3n) is 3.71. The summed E-state index contributed by atoms with van der Waals surface area (Å²) >= 11 is 0. The molecule has 2 aliphatic rings. The number of nitrogens with one attached hydrogen (secondary N) is 1. The highest BCUT2D eigenvalue weighted by Crippen LogP contribution is 2.28. The van der Waals surface area contributed by atoms with Gasteiger partial charge in [-0.3, -0.25) is 4.90 Å². The Morgan fingerprint density at radius 3 is 2.93 bits per heavy atom.